The Kier molecular flexibility index (Phi) is 62.2. The molecule has 0 aromatic rings. The highest BCUT2D eigenvalue weighted by atomic mass is 31.2. The Morgan fingerprint density at radius 3 is 0.911 bits per heavy atom. The van der Waals surface area contributed by atoms with E-state index in [9.17, 15) is 43.2 Å². The maximum atomic E-state index is 13.0. The SMILES string of the molecule is CCCCCC/C=C\C=C/CCCCCCCC(=O)OC[C@H](COP(=O)(O)OC[C@@H](O)COP(=O)(O)OC[C@@H](COC(=O)CCCCCCCCC(C)C)OC(=O)CCCCCCCCCCCC)OC(=O)CCCCCCCCCCCCCCCCCC. The molecule has 0 saturated heterocycles. The lowest BCUT2D eigenvalue weighted by molar-refractivity contribution is -0.161. The van der Waals surface area contributed by atoms with Crippen molar-refractivity contribution in [1.29, 1.82) is 0 Å². The fraction of sp³-hybridized carbons (Fsp3) is 0.887. The zero-order valence-electron chi connectivity index (χ0n) is 57.8. The van der Waals surface area contributed by atoms with Crippen molar-refractivity contribution in [2.75, 3.05) is 39.6 Å². The second-order valence-corrected chi connectivity index (χ2v) is 28.3. The van der Waals surface area contributed by atoms with Gasteiger partial charge in [0.1, 0.15) is 19.3 Å². The molecule has 0 aromatic carbocycles. The van der Waals surface area contributed by atoms with E-state index >= 15 is 0 Å². The predicted molar refractivity (Wildman–Crippen MR) is 363 cm³/mol. The van der Waals surface area contributed by atoms with Gasteiger partial charge in [0, 0.05) is 25.7 Å². The van der Waals surface area contributed by atoms with Gasteiger partial charge < -0.3 is 33.8 Å². The fourth-order valence-corrected chi connectivity index (χ4v) is 11.9. The molecule has 2 unspecified atom stereocenters. The van der Waals surface area contributed by atoms with Gasteiger partial charge in [-0.15, -0.1) is 0 Å². The molecule has 0 bridgehead atoms. The molecule has 0 spiro atoms. The zero-order chi connectivity index (χ0) is 66.3. The number of phosphoric ester groups is 2. The Labute approximate surface area is 548 Å². The lowest BCUT2D eigenvalue weighted by Gasteiger charge is -2.21. The molecule has 19 heteroatoms. The Morgan fingerprint density at radius 1 is 0.344 bits per heavy atom. The largest absolute Gasteiger partial charge is 0.472 e. The van der Waals surface area contributed by atoms with Gasteiger partial charge in [0.2, 0.25) is 0 Å². The van der Waals surface area contributed by atoms with Crippen LogP contribution >= 0.6 is 15.6 Å². The molecule has 530 valence electrons. The van der Waals surface area contributed by atoms with Crippen LogP contribution < -0.4 is 0 Å². The van der Waals surface area contributed by atoms with E-state index in [1.807, 2.05) is 0 Å². The zero-order valence-corrected chi connectivity index (χ0v) is 59.5. The number of allylic oxidation sites excluding steroid dienone is 4. The summed E-state index contributed by atoms with van der Waals surface area (Å²) in [4.78, 5) is 72.5. The summed E-state index contributed by atoms with van der Waals surface area (Å²) in [6.45, 7) is 7.09. The van der Waals surface area contributed by atoms with Crippen molar-refractivity contribution in [1.82, 2.24) is 0 Å². The minimum absolute atomic E-state index is 0.101. The first-order chi connectivity index (χ1) is 43.5. The number of carbonyl (C=O) groups is 4. The van der Waals surface area contributed by atoms with Crippen molar-refractivity contribution in [2.45, 2.75) is 361 Å². The average molecular weight is 1320 g/mol. The lowest BCUT2D eigenvalue weighted by atomic mass is 10.0. The molecule has 0 amide bonds. The summed E-state index contributed by atoms with van der Waals surface area (Å²) in [7, 11) is -9.91. The second-order valence-electron chi connectivity index (χ2n) is 25.4. The van der Waals surface area contributed by atoms with Crippen LogP contribution in [0.15, 0.2) is 24.3 Å². The number of hydrogen-bond donors (Lipinski definition) is 3. The summed E-state index contributed by atoms with van der Waals surface area (Å²) < 4.78 is 68.2. The number of aliphatic hydroxyl groups excluding tert-OH is 1. The van der Waals surface area contributed by atoms with Crippen LogP contribution in [-0.4, -0.2) is 96.7 Å². The second kappa shape index (κ2) is 63.9. The lowest BCUT2D eigenvalue weighted by Crippen LogP contribution is -2.30. The van der Waals surface area contributed by atoms with Gasteiger partial charge in [-0.2, -0.15) is 0 Å². The van der Waals surface area contributed by atoms with Gasteiger partial charge >= 0.3 is 39.5 Å². The number of unbranched alkanes of at least 4 members (excludes halogenated alkanes) is 38. The summed E-state index contributed by atoms with van der Waals surface area (Å²) in [5.41, 5.74) is 0. The van der Waals surface area contributed by atoms with Gasteiger partial charge in [0.15, 0.2) is 12.2 Å². The summed E-state index contributed by atoms with van der Waals surface area (Å²) >= 11 is 0. The number of rotatable bonds is 69. The van der Waals surface area contributed by atoms with E-state index in [1.54, 1.807) is 0 Å². The highest BCUT2D eigenvalue weighted by Crippen LogP contribution is 2.45. The van der Waals surface area contributed by atoms with E-state index < -0.39 is 97.5 Å². The van der Waals surface area contributed by atoms with Crippen molar-refractivity contribution < 1.29 is 80.2 Å². The molecule has 0 fully saturated rings. The van der Waals surface area contributed by atoms with Crippen LogP contribution in [0.3, 0.4) is 0 Å². The first kappa shape index (κ1) is 87.5. The fourth-order valence-electron chi connectivity index (χ4n) is 10.3. The molecule has 0 aromatic heterocycles. The normalized spacial score (nSPS) is 14.2. The van der Waals surface area contributed by atoms with Crippen LogP contribution in [0.25, 0.3) is 0 Å². The molecule has 0 saturated carbocycles. The van der Waals surface area contributed by atoms with Crippen LogP contribution in [-0.2, 0) is 65.4 Å². The smallest absolute Gasteiger partial charge is 0.462 e. The van der Waals surface area contributed by atoms with Crippen LogP contribution in [0.5, 0.6) is 0 Å². The minimum Gasteiger partial charge on any atom is -0.462 e. The number of ether oxygens (including phenoxy) is 4. The van der Waals surface area contributed by atoms with Gasteiger partial charge in [-0.25, -0.2) is 9.13 Å². The molecule has 0 rings (SSSR count). The third-order valence-electron chi connectivity index (χ3n) is 15.9. The molecular formula is C71H134O17P2. The molecule has 0 radical (unpaired) electrons. The third-order valence-corrected chi connectivity index (χ3v) is 17.8. The number of phosphoric acid groups is 2. The molecule has 3 N–H and O–H groups in total. The third kappa shape index (κ3) is 64.3. The average Bonchev–Trinajstić information content (AvgIpc) is 3.66. The quantitative estimate of drug-likeness (QED) is 0.0169. The van der Waals surface area contributed by atoms with Gasteiger partial charge in [-0.1, -0.05) is 290 Å². The molecule has 0 aliphatic rings. The first-order valence-electron chi connectivity index (χ1n) is 36.5. The molecule has 0 aliphatic heterocycles. The molecule has 0 aliphatic carbocycles. The maximum absolute atomic E-state index is 13.0. The Hall–Kier alpha value is -2.46. The summed E-state index contributed by atoms with van der Waals surface area (Å²) in [5, 5.41) is 10.6. The van der Waals surface area contributed by atoms with Gasteiger partial charge in [0.25, 0.3) is 0 Å². The van der Waals surface area contributed by atoms with Crippen LogP contribution in [0.4, 0.5) is 0 Å². The van der Waals surface area contributed by atoms with E-state index in [-0.39, 0.29) is 25.7 Å². The van der Waals surface area contributed by atoms with Crippen molar-refractivity contribution in [3.8, 4) is 0 Å². The Bertz CT molecular complexity index is 1830. The molecular weight excluding hydrogens is 1190 g/mol. The number of hydrogen-bond acceptors (Lipinski definition) is 15. The van der Waals surface area contributed by atoms with E-state index in [4.69, 9.17) is 37.0 Å². The van der Waals surface area contributed by atoms with Crippen LogP contribution in [0, 0.1) is 5.92 Å². The van der Waals surface area contributed by atoms with E-state index in [0.717, 1.165) is 116 Å². The topological polar surface area (TPSA) is 237 Å². The van der Waals surface area contributed by atoms with Gasteiger partial charge in [-0.3, -0.25) is 37.3 Å². The minimum atomic E-state index is -4.96. The van der Waals surface area contributed by atoms with E-state index in [1.165, 1.54) is 141 Å². The van der Waals surface area contributed by atoms with E-state index in [2.05, 4.69) is 58.9 Å². The highest BCUT2D eigenvalue weighted by molar-refractivity contribution is 7.47. The van der Waals surface area contributed by atoms with Crippen molar-refractivity contribution in [2.24, 2.45) is 5.92 Å². The summed E-state index contributed by atoms with van der Waals surface area (Å²) in [6, 6.07) is 0. The van der Waals surface area contributed by atoms with Crippen molar-refractivity contribution in [3.63, 3.8) is 0 Å². The monoisotopic (exact) mass is 1320 g/mol. The van der Waals surface area contributed by atoms with Crippen molar-refractivity contribution in [3.05, 3.63) is 24.3 Å². The Morgan fingerprint density at radius 2 is 0.600 bits per heavy atom. The van der Waals surface area contributed by atoms with Crippen LogP contribution in [0.2, 0.25) is 0 Å². The van der Waals surface area contributed by atoms with Gasteiger partial charge in [0.05, 0.1) is 26.4 Å². The maximum Gasteiger partial charge on any atom is 0.472 e. The molecule has 0 heterocycles. The predicted octanol–water partition coefficient (Wildman–Crippen LogP) is 20.1. The molecule has 5 atom stereocenters. The number of carbonyl (C=O) groups excluding carboxylic acids is 4. The Balaban J connectivity index is 5.26. The summed E-state index contributed by atoms with van der Waals surface area (Å²) in [5.74, 6) is -1.48. The highest BCUT2D eigenvalue weighted by Gasteiger charge is 2.30. The van der Waals surface area contributed by atoms with E-state index in [0.29, 0.717) is 31.6 Å². The van der Waals surface area contributed by atoms with Crippen molar-refractivity contribution >= 4 is 39.5 Å². The van der Waals surface area contributed by atoms with Gasteiger partial charge in [-0.05, 0) is 57.3 Å². The number of esters is 4. The van der Waals surface area contributed by atoms with Crippen LogP contribution in [0.1, 0.15) is 343 Å². The summed E-state index contributed by atoms with van der Waals surface area (Å²) in [6.07, 6.45) is 53.6. The molecule has 90 heavy (non-hydrogen) atoms. The number of aliphatic hydroxyl groups is 1. The standard InChI is InChI=1S/C71H134O17P2/c1-6-9-12-15-18-21-24-26-28-30-32-34-37-40-47-52-57-71(76)87-66(60-81-68(73)54-49-44-38-36-33-31-29-27-25-22-19-16-13-10-7-2)62-85-89(77,78)83-58-65(72)59-84-90(79,80)86-63-67(61-82-69(74)55-50-45-42-41-43-48-53-64(4)5)88-70(75)56-51-46-39-35-23-20-17-14-11-8-3/h22,25,27,29,64-67,72H,6-21,23-24,26,28,30-63H2,1-5H3,(H,77,78)(H,79,80)/b25-22-,29-27-/t65-,66-,67-/m1/s1. The molecule has 17 nitrogen and oxygen atoms in total. The first-order valence-corrected chi connectivity index (χ1v) is 39.4.